The van der Waals surface area contributed by atoms with Crippen LogP contribution < -0.4 is 15.2 Å². The molecule has 0 unspecified atom stereocenters. The minimum absolute atomic E-state index is 0.168. The van der Waals surface area contributed by atoms with Gasteiger partial charge in [-0.25, -0.2) is 4.98 Å². The molecule has 0 aliphatic carbocycles. The molecule has 156 valence electrons. The summed E-state index contributed by atoms with van der Waals surface area (Å²) in [5.41, 5.74) is 3.05. The summed E-state index contributed by atoms with van der Waals surface area (Å²) in [6.07, 6.45) is 3.92. The molecule has 1 saturated heterocycles. The number of H-pyrrole nitrogens is 1. The summed E-state index contributed by atoms with van der Waals surface area (Å²) in [4.78, 5) is 26.9. The van der Waals surface area contributed by atoms with Gasteiger partial charge in [0.15, 0.2) is 5.65 Å². The number of nitrogens with zero attached hydrogens (tertiary/aromatic N) is 3. The number of ether oxygens (including phenoxy) is 1. The Morgan fingerprint density at radius 2 is 1.74 bits per heavy atom. The standard InChI is InChI=1S/C24H21ClN4O2/c25-18-7-3-16(4-8-18)15-31-19-9-5-17(6-10-19)20-11-12-26-22-21(20)23(30)28-24(27-22)29-13-1-2-14-29/h3-12H,1-2,13-15H2,(H,26,27,28,30). The number of pyridine rings is 1. The zero-order valence-corrected chi connectivity index (χ0v) is 17.6. The van der Waals surface area contributed by atoms with Gasteiger partial charge < -0.3 is 9.64 Å². The van der Waals surface area contributed by atoms with Gasteiger partial charge in [0.25, 0.3) is 5.56 Å². The lowest BCUT2D eigenvalue weighted by Crippen LogP contribution is -2.24. The Hall–Kier alpha value is -3.38. The third-order valence-corrected chi connectivity index (χ3v) is 5.74. The second kappa shape index (κ2) is 8.40. The van der Waals surface area contributed by atoms with Crippen molar-refractivity contribution in [3.05, 3.63) is 81.7 Å². The number of anilines is 1. The number of rotatable bonds is 5. The first-order valence-corrected chi connectivity index (χ1v) is 10.7. The van der Waals surface area contributed by atoms with E-state index in [-0.39, 0.29) is 5.56 Å². The Bertz CT molecular complexity index is 1260. The maximum absolute atomic E-state index is 12.9. The van der Waals surface area contributed by atoms with Gasteiger partial charge in [0.2, 0.25) is 5.95 Å². The number of halogens is 1. The summed E-state index contributed by atoms with van der Waals surface area (Å²) in [6, 6.07) is 17.1. The third-order valence-electron chi connectivity index (χ3n) is 5.48. The summed E-state index contributed by atoms with van der Waals surface area (Å²) in [7, 11) is 0. The normalized spacial score (nSPS) is 13.6. The van der Waals surface area contributed by atoms with Crippen molar-refractivity contribution in [2.24, 2.45) is 0 Å². The Balaban J connectivity index is 1.41. The van der Waals surface area contributed by atoms with Gasteiger partial charge in [-0.2, -0.15) is 4.98 Å². The van der Waals surface area contributed by atoms with Crippen LogP contribution in [0.15, 0.2) is 65.6 Å². The van der Waals surface area contributed by atoms with Gasteiger partial charge in [0.05, 0.1) is 5.39 Å². The summed E-state index contributed by atoms with van der Waals surface area (Å²) in [5.74, 6) is 1.35. The first kappa shape index (κ1) is 19.6. The van der Waals surface area contributed by atoms with E-state index in [9.17, 15) is 4.79 Å². The monoisotopic (exact) mass is 432 g/mol. The van der Waals surface area contributed by atoms with Gasteiger partial charge in [0, 0.05) is 24.3 Å². The summed E-state index contributed by atoms with van der Waals surface area (Å²) in [6.45, 7) is 2.27. The zero-order valence-electron chi connectivity index (χ0n) is 16.8. The molecule has 0 atom stereocenters. The molecule has 0 saturated carbocycles. The van der Waals surface area contributed by atoms with E-state index in [4.69, 9.17) is 16.3 Å². The molecule has 1 aliphatic rings. The van der Waals surface area contributed by atoms with Crippen molar-refractivity contribution in [3.63, 3.8) is 0 Å². The molecule has 7 heteroatoms. The van der Waals surface area contributed by atoms with Crippen molar-refractivity contribution >= 4 is 28.6 Å². The Morgan fingerprint density at radius 3 is 2.48 bits per heavy atom. The number of hydrogen-bond donors (Lipinski definition) is 1. The smallest absolute Gasteiger partial charge is 0.262 e. The molecular formula is C24H21ClN4O2. The quantitative estimate of drug-likeness (QED) is 0.489. The largest absolute Gasteiger partial charge is 0.489 e. The maximum Gasteiger partial charge on any atom is 0.262 e. The molecule has 6 nitrogen and oxygen atoms in total. The van der Waals surface area contributed by atoms with E-state index in [1.54, 1.807) is 6.20 Å². The predicted molar refractivity (Wildman–Crippen MR) is 123 cm³/mol. The van der Waals surface area contributed by atoms with E-state index in [0.29, 0.717) is 28.6 Å². The van der Waals surface area contributed by atoms with Crippen LogP contribution in [0.5, 0.6) is 5.75 Å². The molecule has 0 bridgehead atoms. The highest BCUT2D eigenvalue weighted by Crippen LogP contribution is 2.27. The van der Waals surface area contributed by atoms with Crippen LogP contribution in [0.2, 0.25) is 5.02 Å². The number of nitrogens with one attached hydrogen (secondary N) is 1. The van der Waals surface area contributed by atoms with Crippen LogP contribution >= 0.6 is 11.6 Å². The highest BCUT2D eigenvalue weighted by molar-refractivity contribution is 6.30. The fraction of sp³-hybridized carbons (Fsp3) is 0.208. The lowest BCUT2D eigenvalue weighted by Gasteiger charge is -2.16. The van der Waals surface area contributed by atoms with Crippen LogP contribution in [0.1, 0.15) is 18.4 Å². The second-order valence-electron chi connectivity index (χ2n) is 7.58. The summed E-state index contributed by atoms with van der Waals surface area (Å²) < 4.78 is 5.87. The van der Waals surface area contributed by atoms with Gasteiger partial charge in [-0.1, -0.05) is 35.9 Å². The second-order valence-corrected chi connectivity index (χ2v) is 8.02. The van der Waals surface area contributed by atoms with Gasteiger partial charge in [0.1, 0.15) is 12.4 Å². The van der Waals surface area contributed by atoms with Crippen LogP contribution in [0.4, 0.5) is 5.95 Å². The molecule has 3 heterocycles. The van der Waals surface area contributed by atoms with Crippen molar-refractivity contribution in [2.75, 3.05) is 18.0 Å². The van der Waals surface area contributed by atoms with Crippen molar-refractivity contribution in [1.82, 2.24) is 15.0 Å². The highest BCUT2D eigenvalue weighted by Gasteiger charge is 2.17. The average molecular weight is 433 g/mol. The Kier molecular flexibility index (Phi) is 5.30. The van der Waals surface area contributed by atoms with Crippen molar-refractivity contribution in [1.29, 1.82) is 0 Å². The molecule has 0 radical (unpaired) electrons. The van der Waals surface area contributed by atoms with Crippen LogP contribution in [0.3, 0.4) is 0 Å². The average Bonchev–Trinajstić information content (AvgIpc) is 3.34. The number of hydrogen-bond acceptors (Lipinski definition) is 5. The topological polar surface area (TPSA) is 71.1 Å². The molecule has 5 rings (SSSR count). The molecule has 1 aliphatic heterocycles. The molecule has 0 amide bonds. The van der Waals surface area contributed by atoms with E-state index in [2.05, 4.69) is 19.9 Å². The SMILES string of the molecule is O=c1[nH]c(N2CCCC2)nc2nccc(-c3ccc(OCc4ccc(Cl)cc4)cc3)c12. The number of benzene rings is 2. The molecule has 1 fully saturated rings. The Labute approximate surface area is 184 Å². The molecule has 2 aromatic heterocycles. The van der Waals surface area contributed by atoms with Crippen molar-refractivity contribution < 1.29 is 4.74 Å². The van der Waals surface area contributed by atoms with Gasteiger partial charge in [-0.15, -0.1) is 0 Å². The lowest BCUT2D eigenvalue weighted by atomic mass is 10.0. The lowest BCUT2D eigenvalue weighted by molar-refractivity contribution is 0.306. The first-order valence-electron chi connectivity index (χ1n) is 10.3. The predicted octanol–water partition coefficient (Wildman–Crippen LogP) is 4.82. The van der Waals surface area contributed by atoms with Crippen LogP contribution in [-0.2, 0) is 6.61 Å². The maximum atomic E-state index is 12.9. The Morgan fingerprint density at radius 1 is 1.00 bits per heavy atom. The van der Waals surface area contributed by atoms with E-state index in [1.165, 1.54) is 0 Å². The van der Waals surface area contributed by atoms with E-state index in [1.807, 2.05) is 54.6 Å². The minimum Gasteiger partial charge on any atom is -0.489 e. The summed E-state index contributed by atoms with van der Waals surface area (Å²) >= 11 is 5.92. The van der Waals surface area contributed by atoms with E-state index < -0.39 is 0 Å². The van der Waals surface area contributed by atoms with Crippen LogP contribution in [0.25, 0.3) is 22.2 Å². The third kappa shape index (κ3) is 4.11. The molecule has 31 heavy (non-hydrogen) atoms. The number of aromatic amines is 1. The fourth-order valence-electron chi connectivity index (χ4n) is 3.85. The first-order chi connectivity index (χ1) is 15.2. The van der Waals surface area contributed by atoms with Crippen molar-refractivity contribution in [2.45, 2.75) is 19.4 Å². The molecule has 4 aromatic rings. The molecule has 0 spiro atoms. The van der Waals surface area contributed by atoms with Gasteiger partial charge >= 0.3 is 0 Å². The van der Waals surface area contributed by atoms with E-state index >= 15 is 0 Å². The molecule has 2 aromatic carbocycles. The van der Waals surface area contributed by atoms with E-state index in [0.717, 1.165) is 48.4 Å². The number of aromatic nitrogens is 3. The molecular weight excluding hydrogens is 412 g/mol. The minimum atomic E-state index is -0.168. The molecule has 1 N–H and O–H groups in total. The van der Waals surface area contributed by atoms with Crippen LogP contribution in [-0.4, -0.2) is 28.0 Å². The zero-order chi connectivity index (χ0) is 21.2. The summed E-state index contributed by atoms with van der Waals surface area (Å²) in [5, 5.41) is 1.20. The van der Waals surface area contributed by atoms with Crippen LogP contribution in [0, 0.1) is 0 Å². The fourth-order valence-corrected chi connectivity index (χ4v) is 3.97. The number of fused-ring (bicyclic) bond motifs is 1. The van der Waals surface area contributed by atoms with Gasteiger partial charge in [-0.3, -0.25) is 9.78 Å². The highest BCUT2D eigenvalue weighted by atomic mass is 35.5. The van der Waals surface area contributed by atoms with Gasteiger partial charge in [-0.05, 0) is 59.9 Å². The van der Waals surface area contributed by atoms with Crippen molar-refractivity contribution in [3.8, 4) is 16.9 Å².